The summed E-state index contributed by atoms with van der Waals surface area (Å²) in [6, 6.07) is 18.3. The van der Waals surface area contributed by atoms with E-state index in [9.17, 15) is 0 Å². The number of fused-ring (bicyclic) bond motifs is 2. The Balaban J connectivity index is 1.95. The van der Waals surface area contributed by atoms with Crippen LogP contribution in [-0.4, -0.2) is 16.2 Å². The maximum atomic E-state index is 6.44. The third kappa shape index (κ3) is 2.53. The van der Waals surface area contributed by atoms with E-state index in [0.717, 1.165) is 39.3 Å². The second-order valence-electron chi connectivity index (χ2n) is 6.60. The second-order valence-corrected chi connectivity index (χ2v) is 7.01. The van der Waals surface area contributed by atoms with E-state index in [1.807, 2.05) is 36.4 Å². The molecule has 114 valence electrons. The molecule has 0 atom stereocenters. The Morgan fingerprint density at radius 1 is 0.957 bits per heavy atom. The molecular weight excluding hydrogens is 304 g/mol. The van der Waals surface area contributed by atoms with Gasteiger partial charge in [0.25, 0.3) is 0 Å². The molecule has 1 aliphatic heterocycles. The van der Waals surface area contributed by atoms with Gasteiger partial charge in [0.05, 0.1) is 22.5 Å². The highest BCUT2D eigenvalue weighted by Crippen LogP contribution is 2.33. The molecule has 4 rings (SSSR count). The molecule has 0 spiro atoms. The van der Waals surface area contributed by atoms with E-state index in [2.05, 4.69) is 32.0 Å². The van der Waals surface area contributed by atoms with Gasteiger partial charge >= 0.3 is 0 Å². The minimum atomic E-state index is -0.180. The van der Waals surface area contributed by atoms with Crippen LogP contribution < -0.4 is 0 Å². The number of hydrogen-bond donors (Lipinski definition) is 0. The topological polar surface area (TPSA) is 25.2 Å². The molecule has 0 radical (unpaired) electrons. The molecule has 0 unspecified atom stereocenters. The first-order valence-electron chi connectivity index (χ1n) is 7.77. The van der Waals surface area contributed by atoms with Crippen LogP contribution in [-0.2, 0) is 6.42 Å². The summed E-state index contributed by atoms with van der Waals surface area (Å²) in [5.74, 6) is 0. The highest BCUT2D eigenvalue weighted by Gasteiger charge is 2.29. The maximum absolute atomic E-state index is 6.44. The summed E-state index contributed by atoms with van der Waals surface area (Å²) >= 11 is 6.44. The van der Waals surface area contributed by atoms with Crippen LogP contribution in [0.15, 0.2) is 59.6 Å². The van der Waals surface area contributed by atoms with Gasteiger partial charge in [0.1, 0.15) is 0 Å². The number of pyridine rings is 1. The molecule has 0 aliphatic carbocycles. The Morgan fingerprint density at radius 2 is 1.78 bits per heavy atom. The van der Waals surface area contributed by atoms with Crippen LogP contribution in [0.4, 0.5) is 0 Å². The summed E-state index contributed by atoms with van der Waals surface area (Å²) in [4.78, 5) is 9.79. The predicted octanol–water partition coefficient (Wildman–Crippen LogP) is 5.06. The molecule has 0 saturated carbocycles. The summed E-state index contributed by atoms with van der Waals surface area (Å²) in [6.45, 7) is 4.28. The summed E-state index contributed by atoms with van der Waals surface area (Å²) in [6.07, 6.45) is 0.846. The van der Waals surface area contributed by atoms with Crippen LogP contribution in [0.25, 0.3) is 10.9 Å². The van der Waals surface area contributed by atoms with E-state index >= 15 is 0 Å². The van der Waals surface area contributed by atoms with Gasteiger partial charge in [-0.1, -0.05) is 48.0 Å². The van der Waals surface area contributed by atoms with Gasteiger partial charge < -0.3 is 0 Å². The van der Waals surface area contributed by atoms with E-state index in [-0.39, 0.29) is 5.54 Å². The summed E-state index contributed by atoms with van der Waals surface area (Å²) in [5, 5.41) is 1.95. The van der Waals surface area contributed by atoms with E-state index < -0.39 is 0 Å². The zero-order valence-electron chi connectivity index (χ0n) is 13.2. The molecule has 3 heteroatoms. The van der Waals surface area contributed by atoms with Gasteiger partial charge in [0.2, 0.25) is 0 Å². The number of benzene rings is 2. The van der Waals surface area contributed by atoms with E-state index in [4.69, 9.17) is 21.6 Å². The van der Waals surface area contributed by atoms with Gasteiger partial charge in [-0.05, 0) is 44.0 Å². The summed E-state index contributed by atoms with van der Waals surface area (Å²) in [5.41, 5.74) is 4.91. The Kier molecular flexibility index (Phi) is 3.24. The minimum absolute atomic E-state index is 0.180. The standard InChI is InChI=1S/C20H17ClN2/c1-20(2)12-15-14(7-5-8-16(15)21)19(23-20)18-11-10-13-6-3-4-9-17(13)22-18/h3-11H,12H2,1-2H3. The van der Waals surface area contributed by atoms with E-state index in [1.54, 1.807) is 0 Å². The lowest BCUT2D eigenvalue weighted by atomic mass is 9.86. The van der Waals surface area contributed by atoms with Gasteiger partial charge in [0, 0.05) is 16.0 Å². The first-order chi connectivity index (χ1) is 11.0. The fraction of sp³-hybridized carbons (Fsp3) is 0.200. The number of nitrogens with zero attached hydrogens (tertiary/aromatic N) is 2. The molecule has 23 heavy (non-hydrogen) atoms. The number of rotatable bonds is 1. The zero-order valence-corrected chi connectivity index (χ0v) is 13.9. The normalized spacial score (nSPS) is 16.0. The van der Waals surface area contributed by atoms with Crippen molar-refractivity contribution in [3.05, 3.63) is 76.4 Å². The molecule has 0 saturated heterocycles. The lowest BCUT2D eigenvalue weighted by Crippen LogP contribution is -2.30. The molecule has 0 bridgehead atoms. The lowest BCUT2D eigenvalue weighted by molar-refractivity contribution is 0.513. The third-order valence-corrected chi connectivity index (χ3v) is 4.59. The Hall–Kier alpha value is -2.19. The van der Waals surface area contributed by atoms with Gasteiger partial charge in [-0.25, -0.2) is 4.98 Å². The van der Waals surface area contributed by atoms with Crippen molar-refractivity contribution in [3.8, 4) is 0 Å². The molecule has 2 nitrogen and oxygen atoms in total. The van der Waals surface area contributed by atoms with Crippen molar-refractivity contribution in [2.24, 2.45) is 4.99 Å². The lowest BCUT2D eigenvalue weighted by Gasteiger charge is -2.29. The smallest absolute Gasteiger partial charge is 0.0913 e. The average Bonchev–Trinajstić information content (AvgIpc) is 2.54. The van der Waals surface area contributed by atoms with E-state index in [0.29, 0.717) is 0 Å². The van der Waals surface area contributed by atoms with Gasteiger partial charge in [-0.3, -0.25) is 4.99 Å². The van der Waals surface area contributed by atoms with Crippen molar-refractivity contribution in [1.82, 2.24) is 4.98 Å². The molecular formula is C20H17ClN2. The predicted molar refractivity (Wildman–Crippen MR) is 96.6 cm³/mol. The fourth-order valence-electron chi connectivity index (χ4n) is 3.19. The molecule has 0 N–H and O–H groups in total. The molecule has 1 aromatic heterocycles. The monoisotopic (exact) mass is 320 g/mol. The maximum Gasteiger partial charge on any atom is 0.0913 e. The molecule has 2 heterocycles. The third-order valence-electron chi connectivity index (χ3n) is 4.24. The number of aromatic nitrogens is 1. The molecule has 1 aliphatic rings. The van der Waals surface area contributed by atoms with Crippen LogP contribution >= 0.6 is 11.6 Å². The molecule has 0 amide bonds. The molecule has 2 aromatic carbocycles. The van der Waals surface area contributed by atoms with Crippen molar-refractivity contribution >= 4 is 28.2 Å². The minimum Gasteiger partial charge on any atom is -0.276 e. The van der Waals surface area contributed by atoms with Crippen molar-refractivity contribution in [1.29, 1.82) is 0 Å². The molecule has 0 fully saturated rings. The highest BCUT2D eigenvalue weighted by molar-refractivity contribution is 6.32. The second kappa shape index (κ2) is 5.17. The van der Waals surface area contributed by atoms with Gasteiger partial charge in [-0.15, -0.1) is 0 Å². The molecule has 3 aromatic rings. The van der Waals surface area contributed by atoms with Crippen LogP contribution in [0.5, 0.6) is 0 Å². The van der Waals surface area contributed by atoms with Crippen molar-refractivity contribution in [3.63, 3.8) is 0 Å². The Labute approximate surface area is 140 Å². The highest BCUT2D eigenvalue weighted by atomic mass is 35.5. The first kappa shape index (κ1) is 14.4. The Morgan fingerprint density at radius 3 is 2.65 bits per heavy atom. The van der Waals surface area contributed by atoms with Crippen molar-refractivity contribution in [2.75, 3.05) is 0 Å². The average molecular weight is 321 g/mol. The van der Waals surface area contributed by atoms with Crippen molar-refractivity contribution in [2.45, 2.75) is 25.8 Å². The zero-order chi connectivity index (χ0) is 16.0. The van der Waals surface area contributed by atoms with Gasteiger partial charge in [-0.2, -0.15) is 0 Å². The summed E-state index contributed by atoms with van der Waals surface area (Å²) in [7, 11) is 0. The number of halogens is 1. The van der Waals surface area contributed by atoms with Crippen molar-refractivity contribution < 1.29 is 0 Å². The van der Waals surface area contributed by atoms with Crippen LogP contribution in [0, 0.1) is 0 Å². The van der Waals surface area contributed by atoms with Gasteiger partial charge in [0.15, 0.2) is 0 Å². The fourth-order valence-corrected chi connectivity index (χ4v) is 3.43. The van der Waals surface area contributed by atoms with E-state index in [1.165, 1.54) is 5.56 Å². The quantitative estimate of drug-likeness (QED) is 0.615. The number of hydrogen-bond acceptors (Lipinski definition) is 2. The number of para-hydroxylation sites is 1. The summed E-state index contributed by atoms with van der Waals surface area (Å²) < 4.78 is 0. The number of aliphatic imine (C=N–C) groups is 1. The SMILES string of the molecule is CC1(C)Cc2c(Cl)cccc2C(c2ccc3ccccc3n2)=N1. The Bertz CT molecular complexity index is 941. The largest absolute Gasteiger partial charge is 0.276 e. The van der Waals surface area contributed by atoms with Crippen LogP contribution in [0.3, 0.4) is 0 Å². The van der Waals surface area contributed by atoms with Crippen LogP contribution in [0.2, 0.25) is 5.02 Å². The van der Waals surface area contributed by atoms with Crippen LogP contribution in [0.1, 0.15) is 30.7 Å². The first-order valence-corrected chi connectivity index (χ1v) is 8.15.